The largest absolute Gasteiger partial charge is 0.349 e. The van der Waals surface area contributed by atoms with Crippen LogP contribution < -0.4 is 16.2 Å². The molecule has 3 aromatic carbocycles. The van der Waals surface area contributed by atoms with Crippen molar-refractivity contribution in [3.63, 3.8) is 0 Å². The van der Waals surface area contributed by atoms with Gasteiger partial charge in [0.15, 0.2) is 58.2 Å². The number of benzene rings is 3. The Kier molecular flexibility index (Phi) is 8.27. The first kappa shape index (κ1) is 28.5. The van der Waals surface area contributed by atoms with Crippen LogP contribution in [0.3, 0.4) is 0 Å². The number of hydrogen-bond donors (Lipinski definition) is 1. The molecule has 201 valence electrons. The number of hydrogen-bond acceptors (Lipinski definition) is 1. The lowest BCUT2D eigenvalue weighted by Gasteiger charge is -2.28. The lowest BCUT2D eigenvalue weighted by Crippen LogP contribution is -2.55. The molecule has 1 amide bonds. The summed E-state index contributed by atoms with van der Waals surface area (Å²) in [6.07, 6.45) is 4.49. The summed E-state index contributed by atoms with van der Waals surface area (Å²) in [7, 11) is 0. The highest BCUT2D eigenvalue weighted by Crippen LogP contribution is 2.30. The second kappa shape index (κ2) is 11.3. The number of amides is 1. The number of halogens is 10. The third kappa shape index (κ3) is 5.22. The number of carbonyl (C=O) groups is 1. The van der Waals surface area contributed by atoms with E-state index < -0.39 is 94.1 Å². The van der Waals surface area contributed by atoms with Crippen molar-refractivity contribution in [3.8, 4) is 0 Å². The van der Waals surface area contributed by atoms with E-state index in [0.717, 1.165) is 0 Å². The zero-order valence-corrected chi connectivity index (χ0v) is 19.2. The molecule has 1 fully saturated rings. The van der Waals surface area contributed by atoms with Crippen LogP contribution in [0.15, 0.2) is 30.3 Å². The molecule has 0 aliphatic heterocycles. The molecule has 1 unspecified atom stereocenters. The molecular weight excluding hydrogens is 543 g/mol. The van der Waals surface area contributed by atoms with Crippen molar-refractivity contribution in [2.24, 2.45) is 0 Å². The van der Waals surface area contributed by atoms with Crippen molar-refractivity contribution >= 4 is 23.5 Å². The van der Waals surface area contributed by atoms with E-state index in [1.807, 2.05) is 0 Å². The van der Waals surface area contributed by atoms with Crippen molar-refractivity contribution in [1.82, 2.24) is 5.32 Å². The van der Waals surface area contributed by atoms with E-state index in [2.05, 4.69) is 5.32 Å². The highest BCUT2D eigenvalue weighted by Gasteiger charge is 2.42. The maximum Gasteiger partial charge on any atom is 0.251 e. The van der Waals surface area contributed by atoms with Crippen molar-refractivity contribution < 1.29 is 48.7 Å². The average Bonchev–Trinajstić information content (AvgIpc) is 3.48. The fourth-order valence-electron chi connectivity index (χ4n) is 4.20. The molecule has 0 bridgehead atoms. The van der Waals surface area contributed by atoms with E-state index in [1.165, 1.54) is 49.9 Å². The van der Waals surface area contributed by atoms with Gasteiger partial charge in [0, 0.05) is 28.4 Å². The Morgan fingerprint density at radius 3 is 1.41 bits per heavy atom. The van der Waals surface area contributed by atoms with Crippen molar-refractivity contribution in [1.29, 1.82) is 0 Å². The zero-order valence-electron chi connectivity index (χ0n) is 19.2. The lowest BCUT2D eigenvalue weighted by molar-refractivity contribution is 0.0943. The van der Waals surface area contributed by atoms with Gasteiger partial charge in [-0.2, -0.15) is 0 Å². The first-order chi connectivity index (χ1) is 18.5. The van der Waals surface area contributed by atoms with Gasteiger partial charge in [-0.15, -0.1) is 0 Å². The van der Waals surface area contributed by atoms with Crippen LogP contribution in [0.2, 0.25) is 6.32 Å². The first-order valence-electron chi connectivity index (χ1n) is 11.1. The van der Waals surface area contributed by atoms with E-state index in [-0.39, 0.29) is 11.5 Å². The molecule has 13 heteroatoms. The van der Waals surface area contributed by atoms with Gasteiger partial charge in [-0.05, 0) is 44.1 Å². The summed E-state index contributed by atoms with van der Waals surface area (Å²) in [6, 6.07) is 5.81. The normalized spacial score (nSPS) is 14.5. The Bertz CT molecular complexity index is 1280. The van der Waals surface area contributed by atoms with Crippen LogP contribution in [0.5, 0.6) is 0 Å². The summed E-state index contributed by atoms with van der Waals surface area (Å²) in [5.74, 6) is -26.1. The highest BCUT2D eigenvalue weighted by molar-refractivity contribution is 6.85. The van der Waals surface area contributed by atoms with E-state index in [9.17, 15) is 48.7 Å². The highest BCUT2D eigenvalue weighted by atomic mass is 19.2. The number of carbonyl (C=O) groups excluding carboxylic acids is 1. The first-order valence-corrected chi connectivity index (χ1v) is 11.1. The predicted octanol–water partition coefficient (Wildman–Crippen LogP) is 4.89. The van der Waals surface area contributed by atoms with Gasteiger partial charge in [-0.25, -0.2) is 43.9 Å². The predicted molar refractivity (Wildman–Crippen MR) is 120 cm³/mol. The minimum Gasteiger partial charge on any atom is -0.349 e. The van der Waals surface area contributed by atoms with Gasteiger partial charge in [0.1, 0.15) is 0 Å². The quantitative estimate of drug-likeness (QED) is 0.191. The third-order valence-electron chi connectivity index (χ3n) is 6.09. The van der Waals surface area contributed by atoms with Gasteiger partial charge >= 0.3 is 0 Å². The van der Waals surface area contributed by atoms with Gasteiger partial charge in [0.05, 0.1) is 0 Å². The molecule has 5 radical (unpaired) electrons. The van der Waals surface area contributed by atoms with E-state index in [4.69, 9.17) is 0 Å². The molecule has 3 aromatic rings. The molecule has 0 aromatic heterocycles. The molecule has 0 spiro atoms. The summed E-state index contributed by atoms with van der Waals surface area (Å²) >= 11 is 0. The number of rotatable bonds is 7. The number of nitrogens with one attached hydrogen (secondary N) is 1. The summed E-state index contributed by atoms with van der Waals surface area (Å²) in [6.45, 7) is -2.66. The molecule has 1 aliphatic carbocycles. The Morgan fingerprint density at radius 1 is 0.615 bits per heavy atom. The Labute approximate surface area is 216 Å². The Hall–Kier alpha value is -3.51. The molecule has 0 saturated heterocycles. The third-order valence-corrected chi connectivity index (χ3v) is 6.09. The van der Waals surface area contributed by atoms with Crippen LogP contribution in [0.25, 0.3) is 0 Å². The van der Waals surface area contributed by atoms with Crippen molar-refractivity contribution in [2.45, 2.75) is 12.4 Å². The van der Waals surface area contributed by atoms with Crippen LogP contribution >= 0.6 is 0 Å². The fraction of sp³-hybridized carbons (Fsp3) is 0.0769. The molecule has 0 heterocycles. The summed E-state index contributed by atoms with van der Waals surface area (Å²) < 4.78 is 144. The lowest BCUT2D eigenvalue weighted by atomic mass is 9.36. The minimum atomic E-state index is -2.66. The Balaban J connectivity index is 1.92. The molecule has 39 heavy (non-hydrogen) atoms. The minimum absolute atomic E-state index is 0.0538. The SMILES string of the molecule is O=C(NC(CB(c1c(F)c(F)c(F)c(F)c1F)c1c(F)c(F)c(F)c(F)c1F)[C]1[CH][CH][CH][CH]1)c1ccccc1. The molecule has 1 saturated carbocycles. The van der Waals surface area contributed by atoms with Gasteiger partial charge < -0.3 is 5.32 Å². The van der Waals surface area contributed by atoms with Gasteiger partial charge in [0.25, 0.3) is 5.91 Å². The van der Waals surface area contributed by atoms with E-state index >= 15 is 0 Å². The Morgan fingerprint density at radius 2 is 1.00 bits per heavy atom. The van der Waals surface area contributed by atoms with Crippen LogP contribution in [0, 0.1) is 89.8 Å². The van der Waals surface area contributed by atoms with Crippen LogP contribution in [0.1, 0.15) is 10.4 Å². The monoisotopic (exact) mass is 556 g/mol. The maximum atomic E-state index is 14.9. The fourth-order valence-corrected chi connectivity index (χ4v) is 4.20. The smallest absolute Gasteiger partial charge is 0.251 e. The average molecular weight is 556 g/mol. The van der Waals surface area contributed by atoms with Crippen molar-refractivity contribution in [2.75, 3.05) is 0 Å². The second-order valence-electron chi connectivity index (χ2n) is 8.37. The van der Waals surface area contributed by atoms with Gasteiger partial charge in [-0.1, -0.05) is 18.2 Å². The topological polar surface area (TPSA) is 29.1 Å². The van der Waals surface area contributed by atoms with Crippen molar-refractivity contribution in [3.05, 3.63) is 126 Å². The maximum absolute atomic E-state index is 14.9. The zero-order chi connectivity index (χ0) is 28.6. The summed E-state index contributed by atoms with van der Waals surface area (Å²) in [5.41, 5.74) is -3.64. The van der Waals surface area contributed by atoms with Crippen LogP contribution in [0.4, 0.5) is 43.9 Å². The van der Waals surface area contributed by atoms with E-state index in [1.54, 1.807) is 6.07 Å². The van der Waals surface area contributed by atoms with Crippen LogP contribution in [-0.2, 0) is 0 Å². The molecule has 4 rings (SSSR count). The second-order valence-corrected chi connectivity index (χ2v) is 8.37. The summed E-state index contributed by atoms with van der Waals surface area (Å²) in [5, 5.41) is 2.41. The molecule has 1 atom stereocenters. The molecule has 2 nitrogen and oxygen atoms in total. The van der Waals surface area contributed by atoms with Crippen LogP contribution in [-0.4, -0.2) is 18.7 Å². The standard InChI is InChI=1S/C26H13BF10NO/c28-16-14(17(29)21(33)24(36)20(16)32)27(15-18(30)22(34)25(37)23(35)19(15)31)10-13(11-6-4-5-7-11)38-26(39)12-8-2-1-3-9-12/h1-9,13H,10H2,(H,38,39). The molecule has 1 N–H and O–H groups in total. The molecule has 1 aliphatic rings. The van der Waals surface area contributed by atoms with Gasteiger partial charge in [0.2, 0.25) is 6.71 Å². The van der Waals surface area contributed by atoms with E-state index in [0.29, 0.717) is 0 Å². The molecular formula is C26H13BF10NO. The van der Waals surface area contributed by atoms with Gasteiger partial charge in [-0.3, -0.25) is 4.79 Å². The summed E-state index contributed by atoms with van der Waals surface area (Å²) in [4.78, 5) is 12.8.